The Labute approximate surface area is 159 Å². The Morgan fingerprint density at radius 3 is 1.78 bits per heavy atom. The van der Waals surface area contributed by atoms with Crippen LogP contribution in [0.25, 0.3) is 0 Å². The molecule has 0 bridgehead atoms. The molecule has 0 aliphatic heterocycles. The number of para-hydroxylation sites is 1. The van der Waals surface area contributed by atoms with Crippen molar-refractivity contribution < 1.29 is 19.0 Å². The number of rotatable bonds is 9. The minimum atomic E-state index is -0.455. The van der Waals surface area contributed by atoms with Crippen LogP contribution in [0.15, 0.2) is 91.0 Å². The van der Waals surface area contributed by atoms with E-state index in [4.69, 9.17) is 14.2 Å². The molecule has 138 valence electrons. The van der Waals surface area contributed by atoms with Gasteiger partial charge in [0.2, 0.25) is 0 Å². The van der Waals surface area contributed by atoms with Gasteiger partial charge in [0, 0.05) is 0 Å². The maximum absolute atomic E-state index is 12.2. The molecule has 0 unspecified atom stereocenters. The number of hydrogen-bond donors (Lipinski definition) is 0. The Balaban J connectivity index is 1.49. The van der Waals surface area contributed by atoms with Gasteiger partial charge in [-0.15, -0.1) is 0 Å². The second-order valence-corrected chi connectivity index (χ2v) is 5.91. The SMILES string of the molecule is O=C(COCCOc1ccccc1)OC(c1ccccc1)c1ccccc1. The molecule has 0 fully saturated rings. The van der Waals surface area contributed by atoms with Gasteiger partial charge < -0.3 is 14.2 Å². The summed E-state index contributed by atoms with van der Waals surface area (Å²) >= 11 is 0. The highest BCUT2D eigenvalue weighted by molar-refractivity contribution is 5.71. The van der Waals surface area contributed by atoms with Crippen LogP contribution in [0.1, 0.15) is 17.2 Å². The average molecular weight is 362 g/mol. The zero-order valence-corrected chi connectivity index (χ0v) is 15.0. The first-order valence-electron chi connectivity index (χ1n) is 8.88. The molecule has 0 spiro atoms. The van der Waals surface area contributed by atoms with Gasteiger partial charge >= 0.3 is 5.97 Å². The molecular weight excluding hydrogens is 340 g/mol. The Kier molecular flexibility index (Phi) is 7.01. The van der Waals surface area contributed by atoms with Crippen LogP contribution in [0.4, 0.5) is 0 Å². The van der Waals surface area contributed by atoms with Gasteiger partial charge in [-0.1, -0.05) is 78.9 Å². The molecule has 0 N–H and O–H groups in total. The van der Waals surface area contributed by atoms with Crippen molar-refractivity contribution in [1.82, 2.24) is 0 Å². The first kappa shape index (κ1) is 18.7. The molecule has 4 nitrogen and oxygen atoms in total. The second kappa shape index (κ2) is 10.1. The standard InChI is InChI=1S/C23H22O4/c24-22(18-25-16-17-26-21-14-8-3-9-15-21)27-23(19-10-4-1-5-11-19)20-12-6-2-7-13-20/h1-15,23H,16-18H2. The number of hydrogen-bond acceptors (Lipinski definition) is 4. The molecule has 3 aromatic rings. The topological polar surface area (TPSA) is 44.8 Å². The maximum atomic E-state index is 12.2. The molecule has 0 aliphatic rings. The third-order valence-corrected chi connectivity index (χ3v) is 3.91. The van der Waals surface area contributed by atoms with Gasteiger partial charge in [-0.25, -0.2) is 4.79 Å². The van der Waals surface area contributed by atoms with Crippen LogP contribution in [0.3, 0.4) is 0 Å². The van der Waals surface area contributed by atoms with Crippen molar-refractivity contribution in [2.75, 3.05) is 19.8 Å². The normalized spacial score (nSPS) is 10.6. The summed E-state index contributed by atoms with van der Waals surface area (Å²) in [6, 6.07) is 28.8. The Morgan fingerprint density at radius 2 is 1.22 bits per heavy atom. The van der Waals surface area contributed by atoms with Crippen LogP contribution in [-0.4, -0.2) is 25.8 Å². The Bertz CT molecular complexity index is 764. The van der Waals surface area contributed by atoms with E-state index in [0.717, 1.165) is 16.9 Å². The number of esters is 1. The van der Waals surface area contributed by atoms with Crippen LogP contribution in [0, 0.1) is 0 Å². The summed E-state index contributed by atoms with van der Waals surface area (Å²) in [4.78, 5) is 12.2. The van der Waals surface area contributed by atoms with E-state index < -0.39 is 12.1 Å². The molecule has 0 saturated carbocycles. The summed E-state index contributed by atoms with van der Waals surface area (Å²) < 4.78 is 16.6. The molecule has 27 heavy (non-hydrogen) atoms. The van der Waals surface area contributed by atoms with Crippen molar-refractivity contribution >= 4 is 5.97 Å². The van der Waals surface area contributed by atoms with Gasteiger partial charge in [0.15, 0.2) is 6.10 Å². The van der Waals surface area contributed by atoms with Crippen molar-refractivity contribution in [1.29, 1.82) is 0 Å². The molecule has 3 rings (SSSR count). The summed E-state index contributed by atoms with van der Waals surface area (Å²) in [5, 5.41) is 0. The molecule has 0 saturated heterocycles. The summed E-state index contributed by atoms with van der Waals surface area (Å²) in [5.41, 5.74) is 1.84. The molecule has 0 heterocycles. The van der Waals surface area contributed by atoms with E-state index >= 15 is 0 Å². The number of carbonyl (C=O) groups excluding carboxylic acids is 1. The summed E-state index contributed by atoms with van der Waals surface area (Å²) in [6.45, 7) is 0.567. The van der Waals surface area contributed by atoms with Crippen molar-refractivity contribution in [2.24, 2.45) is 0 Å². The second-order valence-electron chi connectivity index (χ2n) is 5.91. The largest absolute Gasteiger partial charge is 0.491 e. The van der Waals surface area contributed by atoms with Crippen LogP contribution in [-0.2, 0) is 14.3 Å². The highest BCUT2D eigenvalue weighted by Crippen LogP contribution is 2.25. The van der Waals surface area contributed by atoms with Crippen LogP contribution >= 0.6 is 0 Å². The zero-order chi connectivity index (χ0) is 18.7. The first-order chi connectivity index (χ1) is 13.3. The van der Waals surface area contributed by atoms with E-state index in [1.807, 2.05) is 91.0 Å². The molecule has 0 aromatic heterocycles. The van der Waals surface area contributed by atoms with Gasteiger partial charge in [0.1, 0.15) is 19.0 Å². The van der Waals surface area contributed by atoms with E-state index in [1.54, 1.807) is 0 Å². The highest BCUT2D eigenvalue weighted by atomic mass is 16.6. The maximum Gasteiger partial charge on any atom is 0.333 e. The van der Waals surface area contributed by atoms with E-state index in [2.05, 4.69) is 0 Å². The minimum Gasteiger partial charge on any atom is -0.491 e. The van der Waals surface area contributed by atoms with Gasteiger partial charge in [-0.05, 0) is 23.3 Å². The van der Waals surface area contributed by atoms with E-state index in [1.165, 1.54) is 0 Å². The summed E-state index contributed by atoms with van der Waals surface area (Å²) in [5.74, 6) is 0.365. The minimum absolute atomic E-state index is 0.117. The molecule has 0 radical (unpaired) electrons. The Morgan fingerprint density at radius 1 is 0.704 bits per heavy atom. The zero-order valence-electron chi connectivity index (χ0n) is 15.0. The predicted molar refractivity (Wildman–Crippen MR) is 104 cm³/mol. The lowest BCUT2D eigenvalue weighted by molar-refractivity contribution is -0.153. The molecule has 0 amide bonds. The molecule has 0 atom stereocenters. The lowest BCUT2D eigenvalue weighted by Gasteiger charge is -2.19. The van der Waals surface area contributed by atoms with Crippen molar-refractivity contribution in [3.05, 3.63) is 102 Å². The lowest BCUT2D eigenvalue weighted by Crippen LogP contribution is -2.19. The van der Waals surface area contributed by atoms with Gasteiger partial charge in [-0.3, -0.25) is 0 Å². The lowest BCUT2D eigenvalue weighted by atomic mass is 10.0. The van der Waals surface area contributed by atoms with Gasteiger partial charge in [-0.2, -0.15) is 0 Å². The third-order valence-electron chi connectivity index (χ3n) is 3.91. The fraction of sp³-hybridized carbons (Fsp3) is 0.174. The number of carbonyl (C=O) groups is 1. The monoisotopic (exact) mass is 362 g/mol. The average Bonchev–Trinajstić information content (AvgIpc) is 2.74. The smallest absolute Gasteiger partial charge is 0.333 e. The van der Waals surface area contributed by atoms with Gasteiger partial charge in [0.05, 0.1) is 6.61 Å². The van der Waals surface area contributed by atoms with E-state index in [0.29, 0.717) is 13.2 Å². The quantitative estimate of drug-likeness (QED) is 0.418. The molecule has 3 aromatic carbocycles. The van der Waals surface area contributed by atoms with Crippen molar-refractivity contribution in [2.45, 2.75) is 6.10 Å². The van der Waals surface area contributed by atoms with Crippen LogP contribution in [0.5, 0.6) is 5.75 Å². The summed E-state index contributed by atoms with van der Waals surface area (Å²) in [6.07, 6.45) is -0.455. The predicted octanol–water partition coefficient (Wildman–Crippen LogP) is 4.41. The molecule has 4 heteroatoms. The van der Waals surface area contributed by atoms with E-state index in [9.17, 15) is 4.79 Å². The molecule has 0 aliphatic carbocycles. The van der Waals surface area contributed by atoms with E-state index in [-0.39, 0.29) is 6.61 Å². The van der Waals surface area contributed by atoms with Crippen molar-refractivity contribution in [3.8, 4) is 5.75 Å². The number of ether oxygens (including phenoxy) is 3. The van der Waals surface area contributed by atoms with Crippen LogP contribution in [0.2, 0.25) is 0 Å². The Hall–Kier alpha value is -3.11. The number of benzene rings is 3. The van der Waals surface area contributed by atoms with Crippen LogP contribution < -0.4 is 4.74 Å². The highest BCUT2D eigenvalue weighted by Gasteiger charge is 2.18. The fourth-order valence-corrected chi connectivity index (χ4v) is 2.64. The third kappa shape index (κ3) is 5.97. The fourth-order valence-electron chi connectivity index (χ4n) is 2.64. The van der Waals surface area contributed by atoms with Gasteiger partial charge in [0.25, 0.3) is 0 Å². The van der Waals surface area contributed by atoms with Crippen molar-refractivity contribution in [3.63, 3.8) is 0 Å². The summed E-state index contributed by atoms with van der Waals surface area (Å²) in [7, 11) is 0. The first-order valence-corrected chi connectivity index (χ1v) is 8.88. The molecular formula is C23H22O4.